The standard InChI is InChI=1S/C13H16N8O6/c1-9-6-11(21(26)27)17-19(9)5-3-13(23)16-15-12(22)2-4-18-8-10(7-14-18)20(24)25/h6-8H,2-5H2,1H3,(H,15,22)(H,16,23). The number of amides is 2. The third kappa shape index (κ3) is 5.58. The average molecular weight is 380 g/mol. The van der Waals surface area contributed by atoms with Gasteiger partial charge in [0.1, 0.15) is 12.4 Å². The zero-order valence-corrected chi connectivity index (χ0v) is 14.2. The van der Waals surface area contributed by atoms with Gasteiger partial charge in [-0.15, -0.1) is 0 Å². The Hall–Kier alpha value is -3.84. The summed E-state index contributed by atoms with van der Waals surface area (Å²) in [4.78, 5) is 43.4. The van der Waals surface area contributed by atoms with E-state index in [1.807, 2.05) is 0 Å². The van der Waals surface area contributed by atoms with Crippen LogP contribution in [0.5, 0.6) is 0 Å². The van der Waals surface area contributed by atoms with Gasteiger partial charge in [-0.1, -0.05) is 0 Å². The van der Waals surface area contributed by atoms with Gasteiger partial charge in [0, 0.05) is 12.8 Å². The van der Waals surface area contributed by atoms with Crippen molar-refractivity contribution >= 4 is 23.3 Å². The second-order valence-corrected chi connectivity index (χ2v) is 5.44. The van der Waals surface area contributed by atoms with Crippen LogP contribution in [0.25, 0.3) is 0 Å². The van der Waals surface area contributed by atoms with Gasteiger partial charge in [0.05, 0.1) is 34.9 Å². The van der Waals surface area contributed by atoms with Crippen LogP contribution in [0.3, 0.4) is 0 Å². The van der Waals surface area contributed by atoms with E-state index in [1.165, 1.54) is 21.6 Å². The first-order valence-electron chi connectivity index (χ1n) is 7.69. The first-order chi connectivity index (χ1) is 12.8. The van der Waals surface area contributed by atoms with E-state index in [-0.39, 0.29) is 37.4 Å². The number of hydrazine groups is 1. The van der Waals surface area contributed by atoms with Crippen molar-refractivity contribution < 1.29 is 19.4 Å². The number of hydrogen-bond acceptors (Lipinski definition) is 8. The molecule has 0 aromatic carbocycles. The minimum atomic E-state index is -0.627. The molecule has 14 heteroatoms. The lowest BCUT2D eigenvalue weighted by molar-refractivity contribution is -0.389. The fourth-order valence-electron chi connectivity index (χ4n) is 2.07. The Morgan fingerprint density at radius 3 is 2.26 bits per heavy atom. The highest BCUT2D eigenvalue weighted by molar-refractivity contribution is 5.81. The minimum absolute atomic E-state index is 0.0503. The highest BCUT2D eigenvalue weighted by Gasteiger charge is 2.16. The Kier molecular flexibility index (Phi) is 6.14. The molecule has 0 aliphatic carbocycles. The quantitative estimate of drug-likeness (QED) is 0.467. The Bertz CT molecular complexity index is 872. The van der Waals surface area contributed by atoms with E-state index in [1.54, 1.807) is 6.92 Å². The molecule has 27 heavy (non-hydrogen) atoms. The third-order valence-electron chi connectivity index (χ3n) is 3.45. The molecule has 0 atom stereocenters. The second-order valence-electron chi connectivity index (χ2n) is 5.44. The van der Waals surface area contributed by atoms with Gasteiger partial charge in [0.2, 0.25) is 11.8 Å². The maximum absolute atomic E-state index is 11.7. The SMILES string of the molecule is Cc1cc([N+](=O)[O-])nn1CCC(=O)NNC(=O)CCn1cc([N+](=O)[O-])cn1. The van der Waals surface area contributed by atoms with Crippen molar-refractivity contribution in [3.8, 4) is 0 Å². The zero-order valence-electron chi connectivity index (χ0n) is 14.2. The molecule has 2 rings (SSSR count). The van der Waals surface area contributed by atoms with E-state index in [9.17, 15) is 29.8 Å². The lowest BCUT2D eigenvalue weighted by Crippen LogP contribution is -2.42. The van der Waals surface area contributed by atoms with Crippen molar-refractivity contribution in [2.24, 2.45) is 0 Å². The number of carbonyl (C=O) groups is 2. The number of hydrogen-bond donors (Lipinski definition) is 2. The summed E-state index contributed by atoms with van der Waals surface area (Å²) in [5.41, 5.74) is 4.77. The molecule has 0 saturated heterocycles. The molecule has 0 unspecified atom stereocenters. The van der Waals surface area contributed by atoms with Crippen LogP contribution in [-0.4, -0.2) is 41.2 Å². The summed E-state index contributed by atoms with van der Waals surface area (Å²) < 4.78 is 2.57. The minimum Gasteiger partial charge on any atom is -0.358 e. The van der Waals surface area contributed by atoms with Crippen molar-refractivity contribution in [3.63, 3.8) is 0 Å². The molecule has 2 amide bonds. The predicted octanol–water partition coefficient (Wildman–Crippen LogP) is -0.168. The van der Waals surface area contributed by atoms with Crippen LogP contribution in [0, 0.1) is 27.2 Å². The summed E-state index contributed by atoms with van der Waals surface area (Å²) in [6.45, 7) is 1.84. The summed E-state index contributed by atoms with van der Waals surface area (Å²) in [5.74, 6) is -1.32. The smallest absolute Gasteiger partial charge is 0.358 e. The average Bonchev–Trinajstić information content (AvgIpc) is 3.23. The normalized spacial score (nSPS) is 10.4. The van der Waals surface area contributed by atoms with E-state index in [0.29, 0.717) is 5.69 Å². The summed E-state index contributed by atoms with van der Waals surface area (Å²) in [6, 6.07) is 1.29. The van der Waals surface area contributed by atoms with Gasteiger partial charge in [-0.3, -0.25) is 35.2 Å². The summed E-state index contributed by atoms with van der Waals surface area (Å²) in [7, 11) is 0. The third-order valence-corrected chi connectivity index (χ3v) is 3.45. The Labute approximate surface area is 151 Å². The highest BCUT2D eigenvalue weighted by atomic mass is 16.6. The molecule has 2 N–H and O–H groups in total. The van der Waals surface area contributed by atoms with Crippen LogP contribution in [0.1, 0.15) is 18.5 Å². The van der Waals surface area contributed by atoms with Crippen molar-refractivity contribution in [3.05, 3.63) is 44.4 Å². The van der Waals surface area contributed by atoms with Gasteiger partial charge >= 0.3 is 11.5 Å². The van der Waals surface area contributed by atoms with Crippen molar-refractivity contribution in [2.75, 3.05) is 0 Å². The highest BCUT2D eigenvalue weighted by Crippen LogP contribution is 2.11. The molecule has 0 aliphatic heterocycles. The van der Waals surface area contributed by atoms with Gasteiger partial charge in [-0.2, -0.15) is 9.78 Å². The predicted molar refractivity (Wildman–Crippen MR) is 88.0 cm³/mol. The van der Waals surface area contributed by atoms with Gasteiger partial charge in [-0.05, 0) is 11.8 Å². The van der Waals surface area contributed by atoms with E-state index < -0.39 is 21.7 Å². The second kappa shape index (κ2) is 8.50. The zero-order chi connectivity index (χ0) is 20.0. The summed E-state index contributed by atoms with van der Waals surface area (Å²) >= 11 is 0. The first kappa shape index (κ1) is 19.5. The van der Waals surface area contributed by atoms with Gasteiger partial charge in [0.25, 0.3) is 0 Å². The van der Waals surface area contributed by atoms with Gasteiger partial charge < -0.3 is 10.1 Å². The summed E-state index contributed by atoms with van der Waals surface area (Å²) in [5, 5.41) is 28.7. The van der Waals surface area contributed by atoms with Crippen molar-refractivity contribution in [1.29, 1.82) is 0 Å². The molecule has 0 saturated carbocycles. The van der Waals surface area contributed by atoms with E-state index in [0.717, 1.165) is 6.20 Å². The number of aryl methyl sites for hydroxylation is 3. The molecule has 0 aliphatic rings. The maximum atomic E-state index is 11.7. The summed E-state index contributed by atoms with van der Waals surface area (Å²) in [6.07, 6.45) is 2.16. The number of rotatable bonds is 8. The van der Waals surface area contributed by atoms with Crippen molar-refractivity contribution in [1.82, 2.24) is 30.4 Å². The lowest BCUT2D eigenvalue weighted by atomic mass is 10.4. The Morgan fingerprint density at radius 1 is 1.11 bits per heavy atom. The first-order valence-corrected chi connectivity index (χ1v) is 7.69. The Balaban J connectivity index is 1.70. The molecular formula is C13H16N8O6. The van der Waals surface area contributed by atoms with Gasteiger partial charge in [-0.25, -0.2) is 0 Å². The number of nitrogens with one attached hydrogen (secondary N) is 2. The van der Waals surface area contributed by atoms with Crippen LogP contribution in [0.15, 0.2) is 18.5 Å². The Morgan fingerprint density at radius 2 is 1.74 bits per heavy atom. The molecule has 2 heterocycles. The molecule has 14 nitrogen and oxygen atoms in total. The van der Waals surface area contributed by atoms with E-state index >= 15 is 0 Å². The fourth-order valence-corrected chi connectivity index (χ4v) is 2.07. The fraction of sp³-hybridized carbons (Fsp3) is 0.385. The lowest BCUT2D eigenvalue weighted by Gasteiger charge is -2.07. The maximum Gasteiger partial charge on any atom is 0.390 e. The molecule has 2 aromatic rings. The van der Waals surface area contributed by atoms with Crippen LogP contribution in [-0.2, 0) is 22.7 Å². The number of aromatic nitrogens is 4. The van der Waals surface area contributed by atoms with Crippen LogP contribution < -0.4 is 10.9 Å². The van der Waals surface area contributed by atoms with Crippen LogP contribution in [0.2, 0.25) is 0 Å². The molecular weight excluding hydrogens is 364 g/mol. The molecule has 0 radical (unpaired) electrons. The topological polar surface area (TPSA) is 180 Å². The molecule has 0 bridgehead atoms. The largest absolute Gasteiger partial charge is 0.390 e. The van der Waals surface area contributed by atoms with Crippen LogP contribution >= 0.6 is 0 Å². The molecule has 0 spiro atoms. The number of carbonyl (C=O) groups excluding carboxylic acids is 2. The number of nitrogens with zero attached hydrogens (tertiary/aromatic N) is 6. The van der Waals surface area contributed by atoms with Crippen molar-refractivity contribution in [2.45, 2.75) is 32.9 Å². The molecule has 0 fully saturated rings. The van der Waals surface area contributed by atoms with Gasteiger partial charge in [0.15, 0.2) is 0 Å². The van der Waals surface area contributed by atoms with E-state index in [4.69, 9.17) is 0 Å². The van der Waals surface area contributed by atoms with E-state index in [2.05, 4.69) is 21.0 Å². The molecule has 2 aromatic heterocycles. The number of nitro groups is 2. The monoisotopic (exact) mass is 380 g/mol. The molecule has 144 valence electrons. The van der Waals surface area contributed by atoms with Crippen LogP contribution in [0.4, 0.5) is 11.5 Å².